The zero-order valence-corrected chi connectivity index (χ0v) is 38.8. The van der Waals surface area contributed by atoms with Crippen molar-refractivity contribution in [3.05, 3.63) is 136 Å². The van der Waals surface area contributed by atoms with Crippen molar-refractivity contribution in [1.29, 1.82) is 0 Å². The number of esters is 3. The molecule has 0 saturated heterocycles. The summed E-state index contributed by atoms with van der Waals surface area (Å²) in [5, 5.41) is 30.1. The van der Waals surface area contributed by atoms with Crippen LogP contribution in [0, 0.1) is 10.1 Å². The van der Waals surface area contributed by atoms with Crippen LogP contribution in [0.15, 0.2) is 97.6 Å². The Labute approximate surface area is 397 Å². The summed E-state index contributed by atoms with van der Waals surface area (Å²) < 4.78 is 26.7. The number of nitrogens with two attached hydrogens (primary N) is 1. The number of anilines is 1. The number of aromatic carboxylic acids is 2. The van der Waals surface area contributed by atoms with E-state index in [2.05, 4.69) is 13.5 Å². The second kappa shape index (κ2) is 31.6. The largest absolute Gasteiger partial charge is 0.494 e. The third-order valence-corrected chi connectivity index (χ3v) is 10.5. The van der Waals surface area contributed by atoms with E-state index >= 15 is 0 Å². The lowest BCUT2D eigenvalue weighted by Gasteiger charge is -2.11. The van der Waals surface area contributed by atoms with Crippen LogP contribution in [0.4, 0.5) is 11.4 Å². The lowest BCUT2D eigenvalue weighted by molar-refractivity contribution is -0.385. The summed E-state index contributed by atoms with van der Waals surface area (Å²) in [6.07, 6.45) is 19.6. The summed E-state index contributed by atoms with van der Waals surface area (Å²) in [4.78, 5) is 69.8. The molecule has 0 saturated carbocycles. The van der Waals surface area contributed by atoms with Crippen LogP contribution >= 0.6 is 0 Å². The van der Waals surface area contributed by atoms with E-state index in [1.807, 2.05) is 30.3 Å². The number of hydrogen-bond donors (Lipinski definition) is 3. The van der Waals surface area contributed by atoms with Crippen LogP contribution in [0.2, 0.25) is 0 Å². The molecule has 0 aliphatic heterocycles. The van der Waals surface area contributed by atoms with Crippen molar-refractivity contribution in [3.8, 4) is 17.2 Å². The van der Waals surface area contributed by atoms with Crippen molar-refractivity contribution >= 4 is 41.2 Å². The minimum Gasteiger partial charge on any atom is -0.494 e. The van der Waals surface area contributed by atoms with Crippen molar-refractivity contribution in [2.75, 3.05) is 25.6 Å². The number of nitrogen functional groups attached to an aromatic ring is 1. The summed E-state index contributed by atoms with van der Waals surface area (Å²) >= 11 is 0. The second-order valence-corrected chi connectivity index (χ2v) is 15.8. The molecule has 4 aromatic carbocycles. The molecule has 0 bridgehead atoms. The topological polar surface area (TPSA) is 241 Å². The fourth-order valence-electron chi connectivity index (χ4n) is 6.72. The number of carboxylic acids is 2. The van der Waals surface area contributed by atoms with Gasteiger partial charge in [-0.1, -0.05) is 127 Å². The molecule has 4 aromatic rings. The van der Waals surface area contributed by atoms with E-state index in [0.29, 0.717) is 12.2 Å². The van der Waals surface area contributed by atoms with Gasteiger partial charge in [-0.3, -0.25) is 10.1 Å². The predicted octanol–water partition coefficient (Wildman–Crippen LogP) is 11.6. The van der Waals surface area contributed by atoms with Crippen LogP contribution in [0.3, 0.4) is 0 Å². The molecule has 366 valence electrons. The highest BCUT2D eigenvalue weighted by atomic mass is 16.6. The zero-order valence-electron chi connectivity index (χ0n) is 38.8. The standard InChI is InChI=1S/C31H32N2O11.C21H32O3/c1-2-3-4-5-6-7-14-42-27-17-25(32)24(16-26(27)33(40)41)31(39)44-21-11-8-19(9-12-21)18-43-30(38)23-15-20(28(34)35)10-13-22(23)29(36)37;1-2-21(22)24-19-15-10-8-6-4-3-5-7-9-14-18-23-20-16-12-11-13-17-20/h8-13,15-17H,2-7,14,18,32H2,1H3,(H,34,35)(H,36,37);2,11-13,16-17H,1,3-10,14-15,18-19H2. The molecular weight excluding hydrogens is 877 g/mol. The van der Waals surface area contributed by atoms with Crippen molar-refractivity contribution in [3.63, 3.8) is 0 Å². The van der Waals surface area contributed by atoms with Crippen LogP contribution in [0.5, 0.6) is 17.2 Å². The number of hydrogen-bond acceptors (Lipinski definition) is 13. The molecule has 0 fully saturated rings. The van der Waals surface area contributed by atoms with Gasteiger partial charge < -0.3 is 39.6 Å². The van der Waals surface area contributed by atoms with E-state index in [1.165, 1.54) is 81.4 Å². The molecular formula is C52H64N2O14. The zero-order chi connectivity index (χ0) is 49.5. The number of rotatable bonds is 31. The maximum Gasteiger partial charge on any atom is 0.345 e. The van der Waals surface area contributed by atoms with Gasteiger partial charge in [-0.2, -0.15) is 0 Å². The lowest BCUT2D eigenvalue weighted by atomic mass is 10.0. The summed E-state index contributed by atoms with van der Waals surface area (Å²) in [7, 11) is 0. The normalized spacial score (nSPS) is 10.5. The first-order valence-electron chi connectivity index (χ1n) is 23.1. The Balaban J connectivity index is 0.000000431. The van der Waals surface area contributed by atoms with Gasteiger partial charge in [-0.15, -0.1) is 0 Å². The van der Waals surface area contributed by atoms with E-state index in [-0.39, 0.29) is 47.5 Å². The first-order chi connectivity index (χ1) is 32.8. The number of carboxylic acid groups (broad SMARTS) is 2. The fourth-order valence-corrected chi connectivity index (χ4v) is 6.72. The Morgan fingerprint density at radius 3 is 1.75 bits per heavy atom. The van der Waals surface area contributed by atoms with Gasteiger partial charge in [0, 0.05) is 18.2 Å². The SMILES string of the molecule is C=CC(=O)OCCCCCCCCCCCCOc1ccccc1.CCCCCCCCOc1cc(N)c(C(=O)Oc2ccc(COC(=O)c3cc(C(=O)O)ccc3C(=O)O)cc2)cc1[N+](=O)[O-]. The molecule has 0 aromatic heterocycles. The van der Waals surface area contributed by atoms with Crippen LogP contribution in [0.25, 0.3) is 0 Å². The van der Waals surface area contributed by atoms with Gasteiger partial charge in [0.25, 0.3) is 0 Å². The summed E-state index contributed by atoms with van der Waals surface area (Å²) in [5.41, 5.74) is 4.61. The van der Waals surface area contributed by atoms with Crippen molar-refractivity contribution in [2.45, 2.75) is 116 Å². The third-order valence-electron chi connectivity index (χ3n) is 10.5. The van der Waals surface area contributed by atoms with E-state index in [4.69, 9.17) is 34.5 Å². The molecule has 68 heavy (non-hydrogen) atoms. The number of carbonyl (C=O) groups excluding carboxylic acids is 3. The van der Waals surface area contributed by atoms with Crippen molar-refractivity contribution in [2.24, 2.45) is 0 Å². The summed E-state index contributed by atoms with van der Waals surface area (Å²) in [6, 6.07) is 20.9. The van der Waals surface area contributed by atoms with Crippen LogP contribution in [0.1, 0.15) is 157 Å². The molecule has 0 heterocycles. The molecule has 16 nitrogen and oxygen atoms in total. The minimum atomic E-state index is -1.43. The number of unbranched alkanes of at least 4 members (excludes halogenated alkanes) is 14. The molecule has 0 aliphatic rings. The molecule has 0 amide bonds. The Kier molecular flexibility index (Phi) is 25.6. The van der Waals surface area contributed by atoms with Crippen molar-refractivity contribution < 1.29 is 62.8 Å². The van der Waals surface area contributed by atoms with E-state index in [9.17, 15) is 39.2 Å². The number of nitro groups is 1. The Bertz CT molecular complexity index is 2230. The molecule has 0 radical (unpaired) electrons. The van der Waals surface area contributed by atoms with Gasteiger partial charge in [0.05, 0.1) is 52.7 Å². The molecule has 16 heteroatoms. The molecule has 4 rings (SSSR count). The molecule has 4 N–H and O–H groups in total. The van der Waals surface area contributed by atoms with Gasteiger partial charge in [0.2, 0.25) is 0 Å². The predicted molar refractivity (Wildman–Crippen MR) is 257 cm³/mol. The molecule has 0 aliphatic carbocycles. The van der Waals surface area contributed by atoms with Gasteiger partial charge in [-0.25, -0.2) is 24.0 Å². The van der Waals surface area contributed by atoms with E-state index in [0.717, 1.165) is 94.4 Å². The smallest absolute Gasteiger partial charge is 0.345 e. The Morgan fingerprint density at radius 2 is 1.19 bits per heavy atom. The number of ether oxygens (including phenoxy) is 5. The number of carbonyl (C=O) groups is 5. The number of nitrogens with zero attached hydrogens (tertiary/aromatic N) is 1. The monoisotopic (exact) mass is 940 g/mol. The molecule has 0 spiro atoms. The molecule has 0 atom stereocenters. The third kappa shape index (κ3) is 20.9. The quantitative estimate of drug-likeness (QED) is 0.00808. The van der Waals surface area contributed by atoms with Crippen molar-refractivity contribution in [1.82, 2.24) is 0 Å². The maximum absolute atomic E-state index is 12.8. The highest BCUT2D eigenvalue weighted by Crippen LogP contribution is 2.33. The van der Waals surface area contributed by atoms with E-state index < -0.39 is 45.6 Å². The number of para-hydroxylation sites is 1. The van der Waals surface area contributed by atoms with Gasteiger partial charge in [0.1, 0.15) is 18.1 Å². The first-order valence-corrected chi connectivity index (χ1v) is 23.1. The maximum atomic E-state index is 12.8. The average molecular weight is 941 g/mol. The number of nitro benzene ring substituents is 1. The molecule has 0 unspecified atom stereocenters. The summed E-state index contributed by atoms with van der Waals surface area (Å²) in [5.74, 6) is -4.07. The van der Waals surface area contributed by atoms with Crippen LogP contribution < -0.4 is 19.9 Å². The van der Waals surface area contributed by atoms with E-state index in [1.54, 1.807) is 0 Å². The first kappa shape index (κ1) is 55.1. The van der Waals surface area contributed by atoms with Gasteiger partial charge >= 0.3 is 35.5 Å². The van der Waals surface area contributed by atoms with Gasteiger partial charge in [-0.05, 0) is 67.3 Å². The lowest BCUT2D eigenvalue weighted by Crippen LogP contribution is -2.14. The Hall–Kier alpha value is -7.23. The van der Waals surface area contributed by atoms with Gasteiger partial charge in [0.15, 0.2) is 5.75 Å². The van der Waals surface area contributed by atoms with Crippen LogP contribution in [-0.4, -0.2) is 64.8 Å². The Morgan fingerprint density at radius 1 is 0.618 bits per heavy atom. The average Bonchev–Trinajstić information content (AvgIpc) is 3.33. The number of benzene rings is 4. The van der Waals surface area contributed by atoms with Crippen LogP contribution in [-0.2, 0) is 20.9 Å². The second-order valence-electron chi connectivity index (χ2n) is 15.8. The highest BCUT2D eigenvalue weighted by Gasteiger charge is 2.24. The minimum absolute atomic E-state index is 0.0401. The summed E-state index contributed by atoms with van der Waals surface area (Å²) in [6.45, 7) is 6.81. The fraction of sp³-hybridized carbons (Fsp3) is 0.404. The highest BCUT2D eigenvalue weighted by molar-refractivity contribution is 6.04.